The van der Waals surface area contributed by atoms with E-state index in [1.165, 1.54) is 10.5 Å². The molecule has 2 heterocycles. The maximum Gasteiger partial charge on any atom is 0.234 e. The minimum absolute atomic E-state index is 0.0669. The summed E-state index contributed by atoms with van der Waals surface area (Å²) in [5, 5.41) is 6.58. The van der Waals surface area contributed by atoms with Gasteiger partial charge in [0.15, 0.2) is 0 Å². The summed E-state index contributed by atoms with van der Waals surface area (Å²) in [5.41, 5.74) is 1.31. The number of hydrogen-bond donors (Lipinski definition) is 2. The highest BCUT2D eigenvalue weighted by molar-refractivity contribution is 8.01. The molecule has 4 heteroatoms. The van der Waals surface area contributed by atoms with Crippen molar-refractivity contribution in [3.63, 3.8) is 0 Å². The molecule has 1 aromatic carbocycles. The van der Waals surface area contributed by atoms with Crippen molar-refractivity contribution in [3.05, 3.63) is 29.8 Å². The van der Waals surface area contributed by atoms with Gasteiger partial charge in [-0.1, -0.05) is 18.2 Å². The highest BCUT2D eigenvalue weighted by Crippen LogP contribution is 2.36. The van der Waals surface area contributed by atoms with Crippen molar-refractivity contribution in [1.82, 2.24) is 10.6 Å². The smallest absolute Gasteiger partial charge is 0.234 e. The highest BCUT2D eigenvalue weighted by atomic mass is 32.2. The molecule has 0 bridgehead atoms. The van der Waals surface area contributed by atoms with Gasteiger partial charge in [0, 0.05) is 10.9 Å². The van der Waals surface area contributed by atoms with Crippen LogP contribution in [0.3, 0.4) is 0 Å². The minimum atomic E-state index is 0.0669. The number of carbonyl (C=O) groups is 1. The monoisotopic (exact) mass is 262 g/mol. The Hall–Kier alpha value is -1.00. The van der Waals surface area contributed by atoms with Crippen LogP contribution in [-0.4, -0.2) is 30.3 Å². The summed E-state index contributed by atoms with van der Waals surface area (Å²) in [6, 6.07) is 8.69. The van der Waals surface area contributed by atoms with Crippen LogP contribution in [0.4, 0.5) is 0 Å². The Morgan fingerprint density at radius 1 is 1.28 bits per heavy atom. The number of benzene rings is 1. The second-order valence-electron chi connectivity index (χ2n) is 4.95. The Bertz CT molecular complexity index is 418. The zero-order valence-corrected chi connectivity index (χ0v) is 11.1. The summed E-state index contributed by atoms with van der Waals surface area (Å²) < 4.78 is 0. The van der Waals surface area contributed by atoms with Crippen LogP contribution < -0.4 is 10.6 Å². The van der Waals surface area contributed by atoms with Crippen LogP contribution in [0.2, 0.25) is 0 Å². The summed E-state index contributed by atoms with van der Waals surface area (Å²) in [6.45, 7) is 2.03. The van der Waals surface area contributed by atoms with E-state index in [-0.39, 0.29) is 11.2 Å². The van der Waals surface area contributed by atoms with E-state index in [0.29, 0.717) is 6.04 Å². The van der Waals surface area contributed by atoms with E-state index in [1.807, 2.05) is 12.1 Å². The largest absolute Gasteiger partial charge is 0.352 e. The summed E-state index contributed by atoms with van der Waals surface area (Å²) in [6.07, 6.45) is 2.98. The van der Waals surface area contributed by atoms with Gasteiger partial charge in [0.2, 0.25) is 5.91 Å². The van der Waals surface area contributed by atoms with E-state index < -0.39 is 0 Å². The van der Waals surface area contributed by atoms with Gasteiger partial charge >= 0.3 is 0 Å². The third kappa shape index (κ3) is 2.54. The summed E-state index contributed by atoms with van der Waals surface area (Å²) in [7, 11) is 0. The van der Waals surface area contributed by atoms with Gasteiger partial charge in [-0.25, -0.2) is 0 Å². The Kier molecular flexibility index (Phi) is 3.57. The molecule has 1 atom stereocenters. The first-order valence-corrected chi connectivity index (χ1v) is 7.46. The topological polar surface area (TPSA) is 41.1 Å². The predicted octanol–water partition coefficient (Wildman–Crippen LogP) is 1.57. The van der Waals surface area contributed by atoms with Crippen molar-refractivity contribution in [2.24, 2.45) is 0 Å². The molecule has 96 valence electrons. The quantitative estimate of drug-likeness (QED) is 0.850. The minimum Gasteiger partial charge on any atom is -0.352 e. The first-order chi connectivity index (χ1) is 8.83. The van der Waals surface area contributed by atoms with Gasteiger partial charge in [-0.05, 0) is 44.0 Å². The van der Waals surface area contributed by atoms with E-state index >= 15 is 0 Å². The molecule has 0 aromatic heterocycles. The fraction of sp³-hybridized carbons (Fsp3) is 0.500. The molecular formula is C14H18N2OS. The van der Waals surface area contributed by atoms with E-state index in [0.717, 1.165) is 32.4 Å². The average Bonchev–Trinajstić information content (AvgIpc) is 2.84. The molecule has 18 heavy (non-hydrogen) atoms. The van der Waals surface area contributed by atoms with Gasteiger partial charge in [-0.15, -0.1) is 11.8 Å². The van der Waals surface area contributed by atoms with Crippen LogP contribution in [0.25, 0.3) is 0 Å². The maximum atomic E-state index is 12.2. The first-order valence-electron chi connectivity index (χ1n) is 6.58. The van der Waals surface area contributed by atoms with E-state index in [1.54, 1.807) is 11.8 Å². The lowest BCUT2D eigenvalue weighted by molar-refractivity contribution is -0.121. The molecule has 0 aliphatic carbocycles. The van der Waals surface area contributed by atoms with Crippen molar-refractivity contribution in [2.75, 3.05) is 13.1 Å². The molecule has 1 unspecified atom stereocenters. The Morgan fingerprint density at radius 2 is 2.06 bits per heavy atom. The zero-order chi connectivity index (χ0) is 12.4. The molecule has 3 rings (SSSR count). The number of rotatable bonds is 2. The van der Waals surface area contributed by atoms with Crippen LogP contribution in [0.15, 0.2) is 29.2 Å². The van der Waals surface area contributed by atoms with Crippen LogP contribution in [0.5, 0.6) is 0 Å². The standard InChI is InChI=1S/C14H18N2OS/c17-14(16-11-5-7-15-8-6-11)13-9-10-3-1-2-4-12(10)18-13/h1-4,11,13,15H,5-9H2,(H,16,17). The van der Waals surface area contributed by atoms with Gasteiger partial charge < -0.3 is 10.6 Å². The van der Waals surface area contributed by atoms with Crippen molar-refractivity contribution in [1.29, 1.82) is 0 Å². The molecule has 0 spiro atoms. The van der Waals surface area contributed by atoms with Crippen molar-refractivity contribution in [3.8, 4) is 0 Å². The second kappa shape index (κ2) is 5.33. The number of hydrogen-bond acceptors (Lipinski definition) is 3. The molecule has 0 saturated carbocycles. The van der Waals surface area contributed by atoms with Gasteiger partial charge in [0.25, 0.3) is 0 Å². The molecule has 1 saturated heterocycles. The number of carbonyl (C=O) groups excluding carboxylic acids is 1. The van der Waals surface area contributed by atoms with Crippen molar-refractivity contribution < 1.29 is 4.79 Å². The molecule has 2 aliphatic rings. The van der Waals surface area contributed by atoms with Gasteiger partial charge in [0.1, 0.15) is 0 Å². The molecular weight excluding hydrogens is 244 g/mol. The fourth-order valence-electron chi connectivity index (χ4n) is 2.59. The summed E-state index contributed by atoms with van der Waals surface area (Å²) >= 11 is 1.71. The van der Waals surface area contributed by atoms with Crippen molar-refractivity contribution >= 4 is 17.7 Å². The van der Waals surface area contributed by atoms with Gasteiger partial charge in [-0.3, -0.25) is 4.79 Å². The lowest BCUT2D eigenvalue weighted by Crippen LogP contribution is -2.45. The number of nitrogens with one attached hydrogen (secondary N) is 2. The SMILES string of the molecule is O=C(NC1CCNCC1)C1Cc2ccccc2S1. The summed E-state index contributed by atoms with van der Waals surface area (Å²) in [5.74, 6) is 0.211. The molecule has 1 fully saturated rings. The third-order valence-electron chi connectivity index (χ3n) is 3.63. The highest BCUT2D eigenvalue weighted by Gasteiger charge is 2.29. The van der Waals surface area contributed by atoms with Crippen LogP contribution >= 0.6 is 11.8 Å². The average molecular weight is 262 g/mol. The number of piperidine rings is 1. The predicted molar refractivity (Wildman–Crippen MR) is 73.8 cm³/mol. The number of thioether (sulfide) groups is 1. The Balaban J connectivity index is 1.58. The lowest BCUT2D eigenvalue weighted by Gasteiger charge is -2.24. The fourth-order valence-corrected chi connectivity index (χ4v) is 3.79. The number of amides is 1. The molecule has 3 nitrogen and oxygen atoms in total. The zero-order valence-electron chi connectivity index (χ0n) is 10.3. The first kappa shape index (κ1) is 12.1. The van der Waals surface area contributed by atoms with E-state index in [2.05, 4.69) is 22.8 Å². The second-order valence-corrected chi connectivity index (χ2v) is 6.20. The molecule has 2 N–H and O–H groups in total. The van der Waals surface area contributed by atoms with Gasteiger partial charge in [-0.2, -0.15) is 0 Å². The Labute approximate surface area is 112 Å². The number of fused-ring (bicyclic) bond motifs is 1. The molecule has 1 aromatic rings. The van der Waals surface area contributed by atoms with Crippen LogP contribution in [-0.2, 0) is 11.2 Å². The van der Waals surface area contributed by atoms with Crippen LogP contribution in [0.1, 0.15) is 18.4 Å². The van der Waals surface area contributed by atoms with E-state index in [9.17, 15) is 4.79 Å². The lowest BCUT2D eigenvalue weighted by atomic mass is 10.1. The summed E-state index contributed by atoms with van der Waals surface area (Å²) in [4.78, 5) is 13.5. The molecule has 0 radical (unpaired) electrons. The third-order valence-corrected chi connectivity index (χ3v) is 4.94. The molecule has 2 aliphatic heterocycles. The normalized spacial score (nSPS) is 23.7. The van der Waals surface area contributed by atoms with E-state index in [4.69, 9.17) is 0 Å². The maximum absolute atomic E-state index is 12.2. The Morgan fingerprint density at radius 3 is 2.83 bits per heavy atom. The van der Waals surface area contributed by atoms with Gasteiger partial charge in [0.05, 0.1) is 5.25 Å². The van der Waals surface area contributed by atoms with Crippen LogP contribution in [0, 0.1) is 0 Å². The molecule has 1 amide bonds. The van der Waals surface area contributed by atoms with Crippen molar-refractivity contribution in [2.45, 2.75) is 35.4 Å².